The van der Waals surface area contributed by atoms with Crippen LogP contribution in [-0.4, -0.2) is 11.0 Å². The molecular weight excluding hydrogens is 231 g/mol. The maximum absolute atomic E-state index is 13.7. The Morgan fingerprint density at radius 3 is 3.06 bits per heavy atom. The second-order valence-corrected chi connectivity index (χ2v) is 4.76. The van der Waals surface area contributed by atoms with Gasteiger partial charge in [-0.05, 0) is 31.9 Å². The van der Waals surface area contributed by atoms with Gasteiger partial charge in [0.25, 0.3) is 0 Å². The average Bonchev–Trinajstić information content (AvgIpc) is 3.08. The van der Waals surface area contributed by atoms with Crippen molar-refractivity contribution in [2.45, 2.75) is 32.4 Å². The molecule has 3 rings (SSSR count). The summed E-state index contributed by atoms with van der Waals surface area (Å²) in [6.45, 7) is 2.53. The van der Waals surface area contributed by atoms with Crippen LogP contribution in [0.4, 0.5) is 4.39 Å². The first kappa shape index (κ1) is 11.4. The van der Waals surface area contributed by atoms with Crippen LogP contribution in [0.5, 0.6) is 0 Å². The van der Waals surface area contributed by atoms with Crippen LogP contribution in [0.2, 0.25) is 0 Å². The third-order valence-corrected chi connectivity index (χ3v) is 3.06. The van der Waals surface area contributed by atoms with E-state index in [0.29, 0.717) is 29.8 Å². The molecule has 1 N–H and O–H groups in total. The Hall–Kier alpha value is -1.68. The van der Waals surface area contributed by atoms with E-state index in [1.807, 2.05) is 6.92 Å². The van der Waals surface area contributed by atoms with Gasteiger partial charge in [0.2, 0.25) is 5.89 Å². The largest absolute Gasteiger partial charge is 0.439 e. The van der Waals surface area contributed by atoms with Gasteiger partial charge in [-0.2, -0.15) is 0 Å². The van der Waals surface area contributed by atoms with Gasteiger partial charge in [0.05, 0.1) is 18.3 Å². The zero-order valence-corrected chi connectivity index (χ0v) is 10.2. The standard InChI is InChI=1S/C14H15FN2O/c1-9-2-5-12(15)11(6-9)13-7-17-14(18-13)8-16-10-3-4-10/h2,5-7,10,16H,3-4,8H2,1H3. The molecule has 1 aromatic heterocycles. The van der Waals surface area contributed by atoms with Crippen molar-refractivity contribution in [3.8, 4) is 11.3 Å². The zero-order valence-electron chi connectivity index (χ0n) is 10.2. The van der Waals surface area contributed by atoms with Crippen LogP contribution in [0, 0.1) is 12.7 Å². The van der Waals surface area contributed by atoms with E-state index in [4.69, 9.17) is 4.42 Å². The van der Waals surface area contributed by atoms with Gasteiger partial charge in [0, 0.05) is 6.04 Å². The Kier molecular flexibility index (Phi) is 2.88. The summed E-state index contributed by atoms with van der Waals surface area (Å²) >= 11 is 0. The van der Waals surface area contributed by atoms with Gasteiger partial charge in [-0.25, -0.2) is 9.37 Å². The fraction of sp³-hybridized carbons (Fsp3) is 0.357. The van der Waals surface area contributed by atoms with E-state index in [9.17, 15) is 4.39 Å². The average molecular weight is 246 g/mol. The Morgan fingerprint density at radius 2 is 2.28 bits per heavy atom. The van der Waals surface area contributed by atoms with E-state index in [2.05, 4.69) is 10.3 Å². The van der Waals surface area contributed by atoms with Crippen LogP contribution in [0.15, 0.2) is 28.8 Å². The Balaban J connectivity index is 1.80. The molecule has 0 amide bonds. The lowest BCUT2D eigenvalue weighted by Gasteiger charge is -2.01. The van der Waals surface area contributed by atoms with Crippen molar-refractivity contribution >= 4 is 0 Å². The van der Waals surface area contributed by atoms with Crippen molar-refractivity contribution in [2.75, 3.05) is 0 Å². The van der Waals surface area contributed by atoms with Gasteiger partial charge in [-0.1, -0.05) is 11.6 Å². The first-order valence-corrected chi connectivity index (χ1v) is 6.17. The molecule has 2 aromatic rings. The lowest BCUT2D eigenvalue weighted by atomic mass is 10.1. The molecule has 1 saturated carbocycles. The molecule has 0 unspecified atom stereocenters. The van der Waals surface area contributed by atoms with Crippen LogP contribution in [-0.2, 0) is 6.54 Å². The van der Waals surface area contributed by atoms with Gasteiger partial charge >= 0.3 is 0 Å². The molecule has 1 fully saturated rings. The summed E-state index contributed by atoms with van der Waals surface area (Å²) in [5.74, 6) is 0.819. The molecule has 4 heteroatoms. The highest BCUT2D eigenvalue weighted by Gasteiger charge is 2.21. The first-order valence-electron chi connectivity index (χ1n) is 6.17. The summed E-state index contributed by atoms with van der Waals surface area (Å²) < 4.78 is 19.3. The molecule has 3 nitrogen and oxygen atoms in total. The second-order valence-electron chi connectivity index (χ2n) is 4.76. The van der Waals surface area contributed by atoms with E-state index < -0.39 is 0 Å². The maximum Gasteiger partial charge on any atom is 0.208 e. The predicted molar refractivity (Wildman–Crippen MR) is 66.5 cm³/mol. The summed E-state index contributed by atoms with van der Waals surface area (Å²) in [5, 5.41) is 3.31. The lowest BCUT2D eigenvalue weighted by Crippen LogP contribution is -2.15. The monoisotopic (exact) mass is 246 g/mol. The Morgan fingerprint density at radius 1 is 1.44 bits per heavy atom. The first-order chi connectivity index (χ1) is 8.72. The van der Waals surface area contributed by atoms with Gasteiger partial charge in [-0.15, -0.1) is 0 Å². The minimum Gasteiger partial charge on any atom is -0.439 e. The van der Waals surface area contributed by atoms with Crippen molar-refractivity contribution in [1.82, 2.24) is 10.3 Å². The summed E-state index contributed by atoms with van der Waals surface area (Å²) in [7, 11) is 0. The van der Waals surface area contributed by atoms with E-state index in [-0.39, 0.29) is 5.82 Å². The molecule has 0 atom stereocenters. The molecule has 0 bridgehead atoms. The number of aromatic nitrogens is 1. The number of rotatable bonds is 4. The molecule has 18 heavy (non-hydrogen) atoms. The van der Waals surface area contributed by atoms with Crippen molar-refractivity contribution in [3.63, 3.8) is 0 Å². The predicted octanol–water partition coefficient (Wildman–Crippen LogP) is 3.04. The van der Waals surface area contributed by atoms with Gasteiger partial charge in [0.15, 0.2) is 5.76 Å². The van der Waals surface area contributed by atoms with Crippen LogP contribution in [0.3, 0.4) is 0 Å². The molecule has 0 spiro atoms. The normalized spacial score (nSPS) is 15.0. The van der Waals surface area contributed by atoms with Crippen LogP contribution < -0.4 is 5.32 Å². The highest BCUT2D eigenvalue weighted by molar-refractivity contribution is 5.58. The minimum absolute atomic E-state index is 0.279. The van der Waals surface area contributed by atoms with Gasteiger partial charge in [-0.3, -0.25) is 0 Å². The summed E-state index contributed by atoms with van der Waals surface area (Å²) in [6.07, 6.45) is 4.03. The number of nitrogens with zero attached hydrogens (tertiary/aromatic N) is 1. The van der Waals surface area contributed by atoms with Gasteiger partial charge in [0.1, 0.15) is 5.82 Å². The van der Waals surface area contributed by atoms with E-state index in [1.54, 1.807) is 18.3 Å². The number of aryl methyl sites for hydroxylation is 1. The lowest BCUT2D eigenvalue weighted by molar-refractivity contribution is 0.474. The van der Waals surface area contributed by atoms with Crippen molar-refractivity contribution < 1.29 is 8.81 Å². The fourth-order valence-corrected chi connectivity index (χ4v) is 1.86. The molecule has 1 aromatic carbocycles. The van der Waals surface area contributed by atoms with Crippen LogP contribution in [0.25, 0.3) is 11.3 Å². The molecular formula is C14H15FN2O. The third-order valence-electron chi connectivity index (χ3n) is 3.06. The van der Waals surface area contributed by atoms with E-state index in [0.717, 1.165) is 5.56 Å². The third kappa shape index (κ3) is 2.43. The summed E-state index contributed by atoms with van der Waals surface area (Å²) in [6, 6.07) is 5.57. The number of benzene rings is 1. The summed E-state index contributed by atoms with van der Waals surface area (Å²) in [4.78, 5) is 4.17. The molecule has 94 valence electrons. The molecule has 1 heterocycles. The van der Waals surface area contributed by atoms with E-state index in [1.165, 1.54) is 18.9 Å². The highest BCUT2D eigenvalue weighted by Crippen LogP contribution is 2.25. The smallest absolute Gasteiger partial charge is 0.208 e. The highest BCUT2D eigenvalue weighted by atomic mass is 19.1. The number of halogens is 1. The topological polar surface area (TPSA) is 38.1 Å². The number of hydrogen-bond acceptors (Lipinski definition) is 3. The molecule has 0 saturated heterocycles. The number of hydrogen-bond donors (Lipinski definition) is 1. The van der Waals surface area contributed by atoms with Crippen LogP contribution in [0.1, 0.15) is 24.3 Å². The molecule has 0 aliphatic heterocycles. The number of oxazole rings is 1. The fourth-order valence-electron chi connectivity index (χ4n) is 1.86. The molecule has 1 aliphatic carbocycles. The maximum atomic E-state index is 13.7. The molecule has 0 radical (unpaired) electrons. The SMILES string of the molecule is Cc1ccc(F)c(-c2cnc(CNC3CC3)o2)c1. The molecule has 1 aliphatic rings. The Bertz CT molecular complexity index is 561. The zero-order chi connectivity index (χ0) is 12.5. The van der Waals surface area contributed by atoms with E-state index >= 15 is 0 Å². The van der Waals surface area contributed by atoms with Crippen molar-refractivity contribution in [1.29, 1.82) is 0 Å². The van der Waals surface area contributed by atoms with Crippen molar-refractivity contribution in [3.05, 3.63) is 41.7 Å². The van der Waals surface area contributed by atoms with Crippen LogP contribution >= 0.6 is 0 Å². The Labute approximate surface area is 105 Å². The van der Waals surface area contributed by atoms with Crippen molar-refractivity contribution in [2.24, 2.45) is 0 Å². The minimum atomic E-state index is -0.279. The van der Waals surface area contributed by atoms with Gasteiger partial charge < -0.3 is 9.73 Å². The summed E-state index contributed by atoms with van der Waals surface area (Å²) in [5.41, 5.74) is 1.47. The number of nitrogens with one attached hydrogen (secondary N) is 1. The second kappa shape index (κ2) is 4.53. The quantitative estimate of drug-likeness (QED) is 0.901.